The first-order valence-electron chi connectivity index (χ1n) is 7.36. The largest absolute Gasteiger partial charge is 0.352 e. The van der Waals surface area contributed by atoms with Crippen molar-refractivity contribution in [2.45, 2.75) is 18.9 Å². The van der Waals surface area contributed by atoms with E-state index in [-0.39, 0.29) is 24.5 Å². The Bertz CT molecular complexity index is 699. The second kappa shape index (κ2) is 4.98. The van der Waals surface area contributed by atoms with Gasteiger partial charge < -0.3 is 5.32 Å². The van der Waals surface area contributed by atoms with Gasteiger partial charge in [-0.05, 0) is 31.0 Å². The molecule has 2 aliphatic heterocycles. The van der Waals surface area contributed by atoms with Gasteiger partial charge in [0.15, 0.2) is 0 Å². The van der Waals surface area contributed by atoms with Crippen molar-refractivity contribution in [3.05, 3.63) is 28.8 Å². The summed E-state index contributed by atoms with van der Waals surface area (Å²) < 4.78 is 0. The highest BCUT2D eigenvalue weighted by molar-refractivity contribution is 6.31. The van der Waals surface area contributed by atoms with Gasteiger partial charge in [-0.2, -0.15) is 0 Å². The molecule has 1 aromatic rings. The molecular formula is C15H15ClN4O2. The third-order valence-corrected chi connectivity index (χ3v) is 4.27. The van der Waals surface area contributed by atoms with E-state index in [0.717, 1.165) is 18.4 Å². The van der Waals surface area contributed by atoms with Crippen molar-refractivity contribution in [1.82, 2.24) is 10.2 Å². The minimum absolute atomic E-state index is 0.00640. The third kappa shape index (κ3) is 2.23. The molecule has 1 fully saturated rings. The van der Waals surface area contributed by atoms with Crippen molar-refractivity contribution < 1.29 is 9.59 Å². The maximum atomic E-state index is 12.7. The van der Waals surface area contributed by atoms with E-state index in [2.05, 4.69) is 10.3 Å². The third-order valence-electron chi connectivity index (χ3n) is 4.04. The SMILES string of the molecule is O=C(CN1C(=O)N2CCN=C2c2ccc(Cl)cc21)NC1CC1. The summed E-state index contributed by atoms with van der Waals surface area (Å²) in [6, 6.07) is 5.41. The Labute approximate surface area is 132 Å². The topological polar surface area (TPSA) is 65.0 Å². The number of rotatable bonds is 3. The summed E-state index contributed by atoms with van der Waals surface area (Å²) in [7, 11) is 0. The van der Waals surface area contributed by atoms with Crippen LogP contribution in [0.25, 0.3) is 0 Å². The zero-order valence-corrected chi connectivity index (χ0v) is 12.6. The first-order chi connectivity index (χ1) is 10.6. The van der Waals surface area contributed by atoms with Gasteiger partial charge in [0.05, 0.1) is 12.2 Å². The number of aliphatic imine (C=N–C) groups is 1. The smallest absolute Gasteiger partial charge is 0.330 e. The van der Waals surface area contributed by atoms with Gasteiger partial charge in [-0.15, -0.1) is 0 Å². The van der Waals surface area contributed by atoms with Crippen LogP contribution in [-0.2, 0) is 4.79 Å². The van der Waals surface area contributed by atoms with E-state index in [9.17, 15) is 9.59 Å². The van der Waals surface area contributed by atoms with Gasteiger partial charge in [-0.3, -0.25) is 19.6 Å². The van der Waals surface area contributed by atoms with Crippen LogP contribution in [0.4, 0.5) is 10.5 Å². The van der Waals surface area contributed by atoms with E-state index in [4.69, 9.17) is 11.6 Å². The van der Waals surface area contributed by atoms with Crippen LogP contribution in [-0.4, -0.2) is 48.3 Å². The molecule has 0 radical (unpaired) electrons. The van der Waals surface area contributed by atoms with Crippen LogP contribution in [0.5, 0.6) is 0 Å². The minimum atomic E-state index is -0.211. The second-order valence-electron chi connectivity index (χ2n) is 5.73. The molecule has 1 aliphatic carbocycles. The normalized spacial score (nSPS) is 19.7. The molecule has 1 aromatic carbocycles. The summed E-state index contributed by atoms with van der Waals surface area (Å²) in [4.78, 5) is 32.3. The quantitative estimate of drug-likeness (QED) is 0.920. The summed E-state index contributed by atoms with van der Waals surface area (Å²) in [5.74, 6) is 0.539. The van der Waals surface area contributed by atoms with Gasteiger partial charge in [0.25, 0.3) is 0 Å². The number of nitrogens with one attached hydrogen (secondary N) is 1. The number of hydrogen-bond acceptors (Lipinski definition) is 3. The molecule has 2 heterocycles. The van der Waals surface area contributed by atoms with Crippen LogP contribution in [0.2, 0.25) is 5.02 Å². The number of anilines is 1. The fourth-order valence-corrected chi connectivity index (χ4v) is 2.99. The fourth-order valence-electron chi connectivity index (χ4n) is 2.83. The van der Waals surface area contributed by atoms with Crippen molar-refractivity contribution >= 4 is 35.1 Å². The van der Waals surface area contributed by atoms with Gasteiger partial charge in [0, 0.05) is 23.2 Å². The van der Waals surface area contributed by atoms with Crippen molar-refractivity contribution in [2.75, 3.05) is 24.5 Å². The van der Waals surface area contributed by atoms with Gasteiger partial charge in [-0.1, -0.05) is 11.6 Å². The minimum Gasteiger partial charge on any atom is -0.352 e. The highest BCUT2D eigenvalue weighted by atomic mass is 35.5. The monoisotopic (exact) mass is 318 g/mol. The van der Waals surface area contributed by atoms with Gasteiger partial charge in [-0.25, -0.2) is 4.79 Å². The highest BCUT2D eigenvalue weighted by Crippen LogP contribution is 2.33. The number of carbonyl (C=O) groups excluding carboxylic acids is 2. The standard InChI is InChI=1S/C15H15ClN4O2/c16-9-1-4-11-12(7-9)20(8-13(21)18-10-2-3-10)15(22)19-6-5-17-14(11)19/h1,4,7,10H,2-3,5-6,8H2,(H,18,21). The van der Waals surface area contributed by atoms with Crippen LogP contribution < -0.4 is 10.2 Å². The zero-order valence-electron chi connectivity index (χ0n) is 11.9. The number of fused-ring (bicyclic) bond motifs is 3. The van der Waals surface area contributed by atoms with Crippen LogP contribution >= 0.6 is 11.6 Å². The van der Waals surface area contributed by atoms with Gasteiger partial charge in [0.2, 0.25) is 5.91 Å². The Hall–Kier alpha value is -2.08. The van der Waals surface area contributed by atoms with E-state index >= 15 is 0 Å². The van der Waals surface area contributed by atoms with Crippen LogP contribution in [0.3, 0.4) is 0 Å². The molecule has 0 unspecified atom stereocenters. The summed E-state index contributed by atoms with van der Waals surface area (Å²) in [6.07, 6.45) is 2.04. The lowest BCUT2D eigenvalue weighted by molar-refractivity contribution is -0.119. The van der Waals surface area contributed by atoms with Gasteiger partial charge >= 0.3 is 6.03 Å². The zero-order chi connectivity index (χ0) is 15.3. The van der Waals surface area contributed by atoms with E-state index < -0.39 is 0 Å². The number of halogens is 1. The summed E-state index contributed by atoms with van der Waals surface area (Å²) in [6.45, 7) is 1.15. The lowest BCUT2D eigenvalue weighted by Gasteiger charge is -2.35. The highest BCUT2D eigenvalue weighted by Gasteiger charge is 2.38. The summed E-state index contributed by atoms with van der Waals surface area (Å²) in [5.41, 5.74) is 1.50. The average molecular weight is 319 g/mol. The summed E-state index contributed by atoms with van der Waals surface area (Å²) in [5, 5.41) is 3.45. The average Bonchev–Trinajstić information content (AvgIpc) is 3.15. The number of carbonyl (C=O) groups is 2. The second-order valence-corrected chi connectivity index (χ2v) is 6.17. The summed E-state index contributed by atoms with van der Waals surface area (Å²) >= 11 is 6.07. The molecule has 3 aliphatic rings. The Morgan fingerprint density at radius 2 is 2.23 bits per heavy atom. The molecule has 6 nitrogen and oxygen atoms in total. The van der Waals surface area contributed by atoms with Gasteiger partial charge in [0.1, 0.15) is 12.4 Å². The van der Waals surface area contributed by atoms with E-state index in [0.29, 0.717) is 29.6 Å². The Kier molecular flexibility index (Phi) is 3.07. The number of urea groups is 1. The molecule has 4 rings (SSSR count). The van der Waals surface area contributed by atoms with Crippen molar-refractivity contribution in [3.8, 4) is 0 Å². The molecule has 0 aromatic heterocycles. The maximum absolute atomic E-state index is 12.7. The molecule has 1 saturated carbocycles. The van der Waals surface area contributed by atoms with Crippen LogP contribution in [0.15, 0.2) is 23.2 Å². The Balaban J connectivity index is 1.69. The van der Waals surface area contributed by atoms with E-state index in [1.165, 1.54) is 4.90 Å². The lowest BCUT2D eigenvalue weighted by Crippen LogP contribution is -2.53. The lowest BCUT2D eigenvalue weighted by atomic mass is 10.1. The predicted octanol–water partition coefficient (Wildman–Crippen LogP) is 1.62. The number of benzene rings is 1. The van der Waals surface area contributed by atoms with Crippen molar-refractivity contribution in [3.63, 3.8) is 0 Å². The molecule has 3 amide bonds. The number of nitrogens with zero attached hydrogens (tertiary/aromatic N) is 3. The molecular weight excluding hydrogens is 304 g/mol. The first-order valence-corrected chi connectivity index (χ1v) is 7.74. The first kappa shape index (κ1) is 13.6. The molecule has 114 valence electrons. The predicted molar refractivity (Wildman–Crippen MR) is 83.5 cm³/mol. The fraction of sp³-hybridized carbons (Fsp3) is 0.400. The number of hydrogen-bond donors (Lipinski definition) is 1. The van der Waals surface area contributed by atoms with Crippen molar-refractivity contribution in [2.24, 2.45) is 4.99 Å². The number of amidine groups is 1. The van der Waals surface area contributed by atoms with E-state index in [1.807, 2.05) is 6.07 Å². The molecule has 7 heteroatoms. The molecule has 1 N–H and O–H groups in total. The maximum Gasteiger partial charge on any atom is 0.330 e. The molecule has 22 heavy (non-hydrogen) atoms. The van der Waals surface area contributed by atoms with Crippen molar-refractivity contribution in [1.29, 1.82) is 0 Å². The Morgan fingerprint density at radius 3 is 3.00 bits per heavy atom. The molecule has 0 spiro atoms. The number of amides is 3. The Morgan fingerprint density at radius 1 is 1.41 bits per heavy atom. The van der Waals surface area contributed by atoms with Crippen LogP contribution in [0.1, 0.15) is 18.4 Å². The molecule has 0 atom stereocenters. The van der Waals surface area contributed by atoms with Crippen LogP contribution in [0, 0.1) is 0 Å². The molecule has 0 saturated heterocycles. The molecule has 0 bridgehead atoms. The van der Waals surface area contributed by atoms with E-state index in [1.54, 1.807) is 17.0 Å².